The van der Waals surface area contributed by atoms with Crippen molar-refractivity contribution in [2.75, 3.05) is 25.3 Å². The van der Waals surface area contributed by atoms with Crippen molar-refractivity contribution >= 4 is 11.4 Å². The summed E-state index contributed by atoms with van der Waals surface area (Å²) in [5.41, 5.74) is 7.67. The van der Waals surface area contributed by atoms with Gasteiger partial charge >= 0.3 is 0 Å². The number of ether oxygens (including phenoxy) is 2. The summed E-state index contributed by atoms with van der Waals surface area (Å²) in [6, 6.07) is 4.23. The number of nitrogens with one attached hydrogen (secondary N) is 1. The Bertz CT molecular complexity index is 421. The summed E-state index contributed by atoms with van der Waals surface area (Å²) < 4.78 is 10.5. The van der Waals surface area contributed by atoms with Crippen molar-refractivity contribution < 1.29 is 9.47 Å². The molecule has 18 heavy (non-hydrogen) atoms. The second-order valence-corrected chi connectivity index (χ2v) is 5.05. The molecule has 1 aromatic rings. The average Bonchev–Trinajstić information content (AvgIpc) is 2.77. The van der Waals surface area contributed by atoms with Crippen LogP contribution in [0, 0.1) is 5.92 Å². The first-order valence-electron chi connectivity index (χ1n) is 6.42. The largest absolute Gasteiger partial charge is 0.493 e. The zero-order valence-electron chi connectivity index (χ0n) is 11.3. The monoisotopic (exact) mass is 250 g/mol. The molecule has 0 heterocycles. The third kappa shape index (κ3) is 2.63. The molecule has 0 amide bonds. The van der Waals surface area contributed by atoms with E-state index in [0.717, 1.165) is 11.6 Å². The van der Waals surface area contributed by atoms with Crippen molar-refractivity contribution in [3.63, 3.8) is 0 Å². The Balaban J connectivity index is 2.17. The van der Waals surface area contributed by atoms with Crippen LogP contribution in [0.3, 0.4) is 0 Å². The Morgan fingerprint density at radius 1 is 1.17 bits per heavy atom. The van der Waals surface area contributed by atoms with Gasteiger partial charge in [0.2, 0.25) is 0 Å². The summed E-state index contributed by atoms with van der Waals surface area (Å²) >= 11 is 0. The fourth-order valence-electron chi connectivity index (χ4n) is 2.58. The van der Waals surface area contributed by atoms with Gasteiger partial charge in [-0.15, -0.1) is 0 Å². The summed E-state index contributed by atoms with van der Waals surface area (Å²) in [7, 11) is 3.25. The van der Waals surface area contributed by atoms with E-state index in [1.807, 2.05) is 6.07 Å². The minimum atomic E-state index is 0.514. The molecule has 1 aliphatic rings. The average molecular weight is 250 g/mol. The maximum atomic E-state index is 6.04. The van der Waals surface area contributed by atoms with Crippen molar-refractivity contribution in [2.45, 2.75) is 32.2 Å². The SMILES string of the molecule is COc1cc(N)c(NC2CCC(C)C2)cc1OC. The van der Waals surface area contributed by atoms with Crippen LogP contribution in [0.4, 0.5) is 11.4 Å². The quantitative estimate of drug-likeness (QED) is 0.807. The molecule has 2 unspecified atom stereocenters. The Labute approximate surface area is 108 Å². The van der Waals surface area contributed by atoms with Gasteiger partial charge in [-0.05, 0) is 25.2 Å². The first-order valence-corrected chi connectivity index (χ1v) is 6.42. The summed E-state index contributed by atoms with van der Waals surface area (Å²) in [6.07, 6.45) is 3.69. The van der Waals surface area contributed by atoms with Crippen molar-refractivity contribution in [1.82, 2.24) is 0 Å². The van der Waals surface area contributed by atoms with Gasteiger partial charge in [-0.3, -0.25) is 0 Å². The maximum Gasteiger partial charge on any atom is 0.162 e. The number of benzene rings is 1. The zero-order chi connectivity index (χ0) is 13.1. The predicted octanol–water partition coefficient (Wildman–Crippen LogP) is 2.89. The molecule has 1 aliphatic carbocycles. The second kappa shape index (κ2) is 5.38. The van der Waals surface area contributed by atoms with Gasteiger partial charge in [0.1, 0.15) is 0 Å². The van der Waals surface area contributed by atoms with Crippen LogP contribution in [0.1, 0.15) is 26.2 Å². The van der Waals surface area contributed by atoms with Gasteiger partial charge in [0.15, 0.2) is 11.5 Å². The smallest absolute Gasteiger partial charge is 0.162 e. The number of hydrogen-bond acceptors (Lipinski definition) is 4. The van der Waals surface area contributed by atoms with E-state index in [-0.39, 0.29) is 0 Å². The molecule has 0 aliphatic heterocycles. The molecule has 4 nitrogen and oxygen atoms in total. The minimum Gasteiger partial charge on any atom is -0.493 e. The van der Waals surface area contributed by atoms with E-state index >= 15 is 0 Å². The Morgan fingerprint density at radius 2 is 1.83 bits per heavy atom. The molecule has 0 bridgehead atoms. The van der Waals surface area contributed by atoms with Gasteiger partial charge in [0.25, 0.3) is 0 Å². The maximum absolute atomic E-state index is 6.04. The van der Waals surface area contributed by atoms with E-state index in [0.29, 0.717) is 23.2 Å². The molecule has 4 heteroatoms. The second-order valence-electron chi connectivity index (χ2n) is 5.05. The Kier molecular flexibility index (Phi) is 3.84. The van der Waals surface area contributed by atoms with Gasteiger partial charge in [0.05, 0.1) is 25.6 Å². The van der Waals surface area contributed by atoms with E-state index in [4.69, 9.17) is 15.2 Å². The van der Waals surface area contributed by atoms with Crippen LogP contribution in [-0.2, 0) is 0 Å². The minimum absolute atomic E-state index is 0.514. The molecule has 100 valence electrons. The van der Waals surface area contributed by atoms with E-state index in [2.05, 4.69) is 12.2 Å². The van der Waals surface area contributed by atoms with E-state index in [1.54, 1.807) is 20.3 Å². The van der Waals surface area contributed by atoms with Gasteiger partial charge in [-0.1, -0.05) is 6.92 Å². The number of nitrogen functional groups attached to an aromatic ring is 1. The number of hydrogen-bond donors (Lipinski definition) is 2. The lowest BCUT2D eigenvalue weighted by molar-refractivity contribution is 0.355. The highest BCUT2D eigenvalue weighted by atomic mass is 16.5. The molecule has 1 saturated carbocycles. The molecule has 0 spiro atoms. The van der Waals surface area contributed by atoms with Gasteiger partial charge in [0, 0.05) is 18.2 Å². The van der Waals surface area contributed by atoms with E-state index in [9.17, 15) is 0 Å². The summed E-state index contributed by atoms with van der Waals surface area (Å²) in [5, 5.41) is 3.51. The van der Waals surface area contributed by atoms with Crippen LogP contribution in [0.15, 0.2) is 12.1 Å². The Morgan fingerprint density at radius 3 is 2.39 bits per heavy atom. The molecule has 0 radical (unpaired) electrons. The van der Waals surface area contributed by atoms with Gasteiger partial charge in [-0.25, -0.2) is 0 Å². The van der Waals surface area contributed by atoms with Crippen LogP contribution in [0.25, 0.3) is 0 Å². The van der Waals surface area contributed by atoms with E-state index in [1.165, 1.54) is 19.3 Å². The van der Waals surface area contributed by atoms with Crippen LogP contribution < -0.4 is 20.5 Å². The fourth-order valence-corrected chi connectivity index (χ4v) is 2.58. The molecule has 0 aromatic heterocycles. The molecular weight excluding hydrogens is 228 g/mol. The normalized spacial score (nSPS) is 22.8. The third-order valence-electron chi connectivity index (χ3n) is 3.61. The van der Waals surface area contributed by atoms with E-state index < -0.39 is 0 Å². The number of rotatable bonds is 4. The molecule has 0 saturated heterocycles. The molecule has 3 N–H and O–H groups in total. The van der Waals surface area contributed by atoms with Crippen LogP contribution >= 0.6 is 0 Å². The molecule has 1 aromatic carbocycles. The lowest BCUT2D eigenvalue weighted by Gasteiger charge is -2.18. The third-order valence-corrected chi connectivity index (χ3v) is 3.61. The zero-order valence-corrected chi connectivity index (χ0v) is 11.3. The van der Waals surface area contributed by atoms with Crippen LogP contribution in [0.5, 0.6) is 11.5 Å². The summed E-state index contributed by atoms with van der Waals surface area (Å²) in [5.74, 6) is 2.17. The molecule has 1 fully saturated rings. The molecule has 2 rings (SSSR count). The number of anilines is 2. The standard InChI is InChI=1S/C14H22N2O2/c1-9-4-5-10(6-9)16-12-8-14(18-3)13(17-2)7-11(12)15/h7-10,16H,4-6,15H2,1-3H3. The fraction of sp³-hybridized carbons (Fsp3) is 0.571. The van der Waals surface area contributed by atoms with Gasteiger partial charge in [-0.2, -0.15) is 0 Å². The predicted molar refractivity (Wildman–Crippen MR) is 74.4 cm³/mol. The van der Waals surface area contributed by atoms with Crippen molar-refractivity contribution in [3.05, 3.63) is 12.1 Å². The number of nitrogens with two attached hydrogens (primary N) is 1. The summed E-state index contributed by atoms with van der Waals surface area (Å²) in [4.78, 5) is 0. The van der Waals surface area contributed by atoms with Crippen molar-refractivity contribution in [1.29, 1.82) is 0 Å². The van der Waals surface area contributed by atoms with Crippen molar-refractivity contribution in [3.8, 4) is 11.5 Å². The highest BCUT2D eigenvalue weighted by molar-refractivity contribution is 5.72. The first-order chi connectivity index (χ1) is 8.63. The highest BCUT2D eigenvalue weighted by Crippen LogP contribution is 2.36. The first kappa shape index (κ1) is 12.9. The topological polar surface area (TPSA) is 56.5 Å². The lowest BCUT2D eigenvalue weighted by Crippen LogP contribution is -2.16. The van der Waals surface area contributed by atoms with Gasteiger partial charge < -0.3 is 20.5 Å². The molecule has 2 atom stereocenters. The van der Waals surface area contributed by atoms with Crippen LogP contribution in [0.2, 0.25) is 0 Å². The lowest BCUT2D eigenvalue weighted by atomic mass is 10.1. The van der Waals surface area contributed by atoms with Crippen LogP contribution in [-0.4, -0.2) is 20.3 Å². The molecular formula is C14H22N2O2. The Hall–Kier alpha value is -1.58. The summed E-state index contributed by atoms with van der Waals surface area (Å²) in [6.45, 7) is 2.29. The van der Waals surface area contributed by atoms with Crippen molar-refractivity contribution in [2.24, 2.45) is 5.92 Å². The number of methoxy groups -OCH3 is 2. The highest BCUT2D eigenvalue weighted by Gasteiger charge is 2.22.